The van der Waals surface area contributed by atoms with Crippen molar-refractivity contribution >= 4 is 53.8 Å². The van der Waals surface area contributed by atoms with Crippen molar-refractivity contribution in [1.29, 1.82) is 0 Å². The van der Waals surface area contributed by atoms with Gasteiger partial charge in [0.2, 0.25) is 9.47 Å². The van der Waals surface area contributed by atoms with Gasteiger partial charge in [0.25, 0.3) is 25.7 Å². The molecular weight excluding hydrogens is 394 g/mol. The Hall–Kier alpha value is -1.87. The average molecular weight is 400 g/mol. The molecule has 124 valence electrons. The lowest BCUT2D eigenvalue weighted by atomic mass is 10.3. The van der Waals surface area contributed by atoms with Crippen LogP contribution in [0.1, 0.15) is 0 Å². The average Bonchev–Trinajstić information content (AvgIpc) is 2.86. The second-order valence-electron chi connectivity index (χ2n) is 3.89. The highest BCUT2D eigenvalue weighted by molar-refractivity contribution is 7.93. The molecule has 0 aliphatic heterocycles. The van der Waals surface area contributed by atoms with Crippen LogP contribution in [0.5, 0.6) is 0 Å². The van der Waals surface area contributed by atoms with Gasteiger partial charge in [-0.05, 0) is 12.1 Å². The molecule has 2 rings (SSSR count). The lowest BCUT2D eigenvalue weighted by molar-refractivity contribution is -0.384. The Morgan fingerprint density at radius 1 is 1.26 bits per heavy atom. The van der Waals surface area contributed by atoms with Gasteiger partial charge in [-0.3, -0.25) is 14.8 Å². The van der Waals surface area contributed by atoms with Crippen LogP contribution in [0.25, 0.3) is 0 Å². The number of nitrogens with one attached hydrogen (secondary N) is 1. The van der Waals surface area contributed by atoms with Gasteiger partial charge >= 0.3 is 0 Å². The number of rotatable bonds is 5. The van der Waals surface area contributed by atoms with E-state index in [1.54, 1.807) is 0 Å². The molecule has 23 heavy (non-hydrogen) atoms. The fraction of sp³-hybridized carbons (Fsp3) is 0. The van der Waals surface area contributed by atoms with Gasteiger partial charge in [-0.1, -0.05) is 22.9 Å². The largest absolute Gasteiger partial charge is 0.289 e. The minimum absolute atomic E-state index is 0.235. The number of sulfonamides is 2. The minimum Gasteiger partial charge on any atom is -0.258 e. The predicted molar refractivity (Wildman–Crippen MR) is 80.2 cm³/mol. The molecule has 0 saturated carbocycles. The van der Waals surface area contributed by atoms with Crippen LogP contribution < -0.4 is 9.86 Å². The van der Waals surface area contributed by atoms with Crippen LogP contribution in [0.2, 0.25) is 5.02 Å². The molecule has 2 aromatic rings. The van der Waals surface area contributed by atoms with Crippen LogP contribution in [-0.4, -0.2) is 32.0 Å². The first-order valence-corrected chi connectivity index (χ1v) is 9.56. The summed E-state index contributed by atoms with van der Waals surface area (Å²) in [5, 5.41) is 21.6. The van der Waals surface area contributed by atoms with Crippen molar-refractivity contribution in [2.75, 3.05) is 4.72 Å². The molecule has 1 aromatic heterocycles. The SMILES string of the molecule is NS(=O)(=O)c1nnc(NS(=O)(=O)c2ccc(Cl)c([N+](=O)[O-])c2)s1. The topological polar surface area (TPSA) is 175 Å². The Balaban J connectivity index is 2.38. The second-order valence-corrected chi connectivity index (χ2v) is 8.70. The van der Waals surface area contributed by atoms with Gasteiger partial charge < -0.3 is 0 Å². The van der Waals surface area contributed by atoms with E-state index in [1.165, 1.54) is 0 Å². The molecule has 1 aromatic carbocycles. The van der Waals surface area contributed by atoms with Crippen molar-refractivity contribution in [2.45, 2.75) is 9.24 Å². The van der Waals surface area contributed by atoms with Crippen molar-refractivity contribution < 1.29 is 21.8 Å². The smallest absolute Gasteiger partial charge is 0.258 e. The quantitative estimate of drug-likeness (QED) is 0.540. The summed E-state index contributed by atoms with van der Waals surface area (Å²) in [6.07, 6.45) is 0. The first-order valence-electron chi connectivity index (χ1n) is 5.34. The van der Waals surface area contributed by atoms with E-state index < -0.39 is 39.9 Å². The maximum Gasteiger partial charge on any atom is 0.289 e. The first kappa shape index (κ1) is 17.5. The number of nitro groups is 1. The Bertz CT molecular complexity index is 985. The van der Waals surface area contributed by atoms with Gasteiger partial charge in [-0.15, -0.1) is 10.2 Å². The van der Waals surface area contributed by atoms with Crippen LogP contribution in [0.3, 0.4) is 0 Å². The summed E-state index contributed by atoms with van der Waals surface area (Å²) in [7, 11) is -8.38. The van der Waals surface area contributed by atoms with Crippen LogP contribution in [0, 0.1) is 10.1 Å². The van der Waals surface area contributed by atoms with E-state index in [4.69, 9.17) is 16.7 Å². The molecular formula is C8H6ClN5O6S3. The summed E-state index contributed by atoms with van der Waals surface area (Å²) >= 11 is 5.99. The summed E-state index contributed by atoms with van der Waals surface area (Å²) in [5.74, 6) is 0. The van der Waals surface area contributed by atoms with Gasteiger partial charge in [0, 0.05) is 6.07 Å². The Morgan fingerprint density at radius 2 is 1.91 bits per heavy atom. The van der Waals surface area contributed by atoms with Crippen LogP contribution >= 0.6 is 22.9 Å². The summed E-state index contributed by atoms with van der Waals surface area (Å²) in [6.45, 7) is 0. The molecule has 0 unspecified atom stereocenters. The number of halogens is 1. The van der Waals surface area contributed by atoms with Gasteiger partial charge in [0.15, 0.2) is 0 Å². The van der Waals surface area contributed by atoms with Crippen LogP contribution in [-0.2, 0) is 20.0 Å². The molecule has 15 heteroatoms. The Labute approximate surface area is 138 Å². The number of hydrogen-bond acceptors (Lipinski definition) is 9. The van der Waals surface area contributed by atoms with Gasteiger partial charge in [0.05, 0.1) is 9.82 Å². The molecule has 11 nitrogen and oxygen atoms in total. The zero-order valence-corrected chi connectivity index (χ0v) is 13.9. The van der Waals surface area contributed by atoms with Crippen molar-refractivity contribution in [1.82, 2.24) is 10.2 Å². The molecule has 0 atom stereocenters. The van der Waals surface area contributed by atoms with Gasteiger partial charge in [0.1, 0.15) is 5.02 Å². The summed E-state index contributed by atoms with van der Waals surface area (Å²) in [4.78, 5) is 9.48. The van der Waals surface area contributed by atoms with Crippen molar-refractivity contribution in [3.05, 3.63) is 33.3 Å². The zero-order valence-electron chi connectivity index (χ0n) is 10.7. The summed E-state index contributed by atoms with van der Waals surface area (Å²) < 4.78 is 47.7. The summed E-state index contributed by atoms with van der Waals surface area (Å²) in [5.41, 5.74) is -0.600. The third-order valence-corrected chi connectivity index (χ3v) is 6.23. The normalized spacial score (nSPS) is 12.1. The highest BCUT2D eigenvalue weighted by Crippen LogP contribution is 2.28. The van der Waals surface area contributed by atoms with E-state index in [0.29, 0.717) is 11.3 Å². The lowest BCUT2D eigenvalue weighted by Gasteiger charge is -2.05. The third-order valence-electron chi connectivity index (χ3n) is 2.30. The highest BCUT2D eigenvalue weighted by Gasteiger charge is 2.23. The monoisotopic (exact) mass is 399 g/mol. The molecule has 0 saturated heterocycles. The first-order chi connectivity index (χ1) is 10.5. The fourth-order valence-corrected chi connectivity index (χ4v) is 4.11. The number of aromatic nitrogens is 2. The Morgan fingerprint density at radius 3 is 2.43 bits per heavy atom. The van der Waals surface area contributed by atoms with Crippen molar-refractivity contribution in [3.63, 3.8) is 0 Å². The Kier molecular flexibility index (Phi) is 4.54. The second kappa shape index (κ2) is 5.97. The molecule has 0 fully saturated rings. The molecule has 0 spiro atoms. The van der Waals surface area contributed by atoms with Crippen molar-refractivity contribution in [3.8, 4) is 0 Å². The number of hydrogen-bond donors (Lipinski definition) is 2. The van der Waals surface area contributed by atoms with Crippen molar-refractivity contribution in [2.24, 2.45) is 5.14 Å². The maximum absolute atomic E-state index is 12.1. The third kappa shape index (κ3) is 3.91. The predicted octanol–water partition coefficient (Wildman–Crippen LogP) is 0.548. The van der Waals surface area contributed by atoms with Crippen LogP contribution in [0.15, 0.2) is 27.4 Å². The minimum atomic E-state index is -4.26. The number of nitrogens with zero attached hydrogens (tertiary/aromatic N) is 3. The van der Waals surface area contributed by atoms with E-state index in [0.717, 1.165) is 18.2 Å². The molecule has 3 N–H and O–H groups in total. The highest BCUT2D eigenvalue weighted by atomic mass is 35.5. The van der Waals surface area contributed by atoms with Crippen LogP contribution in [0.4, 0.5) is 10.8 Å². The number of anilines is 1. The number of nitro benzene ring substituents is 1. The van der Waals surface area contributed by atoms with Gasteiger partial charge in [-0.25, -0.2) is 22.0 Å². The molecule has 0 bridgehead atoms. The van der Waals surface area contributed by atoms with E-state index in [1.807, 2.05) is 4.72 Å². The van der Waals surface area contributed by atoms with E-state index >= 15 is 0 Å². The van der Waals surface area contributed by atoms with E-state index in [9.17, 15) is 26.9 Å². The number of primary sulfonamides is 1. The lowest BCUT2D eigenvalue weighted by Crippen LogP contribution is -2.13. The number of nitrogens with two attached hydrogens (primary N) is 1. The van der Waals surface area contributed by atoms with E-state index in [2.05, 4.69) is 10.2 Å². The standard InChI is InChI=1S/C8H6ClN5O6S3/c9-5-2-1-4(3-6(5)14(15)16)23(19,20)13-7-11-12-8(21-7)22(10,17)18/h1-3H,(H,11,13)(H2,10,17,18). The summed E-state index contributed by atoms with van der Waals surface area (Å²) in [6, 6.07) is 2.84. The molecule has 1 heterocycles. The zero-order chi connectivity index (χ0) is 17.4. The fourth-order valence-electron chi connectivity index (χ4n) is 1.34. The van der Waals surface area contributed by atoms with E-state index in [-0.39, 0.29) is 10.2 Å². The maximum atomic E-state index is 12.1. The molecule has 0 radical (unpaired) electrons. The molecule has 0 aliphatic rings. The molecule has 0 amide bonds. The van der Waals surface area contributed by atoms with Gasteiger partial charge in [-0.2, -0.15) is 0 Å². The number of benzene rings is 1. The molecule has 0 aliphatic carbocycles.